The molecule has 1 amide bonds. The number of methoxy groups -OCH3 is 1. The molecule has 0 fully saturated rings. The van der Waals surface area contributed by atoms with E-state index in [0.29, 0.717) is 11.4 Å². The summed E-state index contributed by atoms with van der Waals surface area (Å²) in [5, 5.41) is 29.2. The first-order valence-corrected chi connectivity index (χ1v) is 7.64. The maximum atomic E-state index is 11.9. The summed E-state index contributed by atoms with van der Waals surface area (Å²) in [5.41, 5.74) is 2.06. The van der Waals surface area contributed by atoms with Gasteiger partial charge in [0.2, 0.25) is 0 Å². The fraction of sp³-hybridized carbons (Fsp3) is 0.125. The number of hydrogen-bond donors (Lipinski definition) is 2. The number of ether oxygens (including phenoxy) is 1. The molecule has 0 saturated heterocycles. The van der Waals surface area contributed by atoms with Gasteiger partial charge in [0.15, 0.2) is 0 Å². The molecule has 0 radical (unpaired) electrons. The highest BCUT2D eigenvalue weighted by atomic mass is 35.5. The van der Waals surface area contributed by atoms with E-state index >= 15 is 0 Å². The highest BCUT2D eigenvalue weighted by Crippen LogP contribution is 2.29. The van der Waals surface area contributed by atoms with Crippen LogP contribution in [0.5, 0.6) is 11.5 Å². The second kappa shape index (κ2) is 8.67. The molecule has 2 rings (SSSR count). The largest absolute Gasteiger partial charge is 0.867 e. The summed E-state index contributed by atoms with van der Waals surface area (Å²) in [6.45, 7) is -0.0996. The van der Waals surface area contributed by atoms with Crippen LogP contribution in [0.25, 0.3) is 0 Å². The van der Waals surface area contributed by atoms with Crippen molar-refractivity contribution in [3.63, 3.8) is 0 Å². The highest BCUT2D eigenvalue weighted by Gasteiger charge is 2.11. The van der Waals surface area contributed by atoms with Crippen LogP contribution in [-0.4, -0.2) is 30.7 Å². The van der Waals surface area contributed by atoms with E-state index in [0.717, 1.165) is 12.3 Å². The lowest BCUT2D eigenvalue weighted by molar-refractivity contribution is -0.398. The number of amides is 1. The number of nitro groups is 1. The maximum absolute atomic E-state index is 11.9. The van der Waals surface area contributed by atoms with Crippen molar-refractivity contribution in [2.45, 2.75) is 0 Å². The average Bonchev–Trinajstić information content (AvgIpc) is 2.62. The Morgan fingerprint density at radius 2 is 2.12 bits per heavy atom. The third-order valence-corrected chi connectivity index (χ3v) is 3.42. The molecule has 0 aromatic heterocycles. The molecule has 0 unspecified atom stereocenters. The summed E-state index contributed by atoms with van der Waals surface area (Å²) < 4.78 is 5.15. The van der Waals surface area contributed by atoms with E-state index in [-0.39, 0.29) is 17.1 Å². The lowest BCUT2D eigenvalue weighted by atomic mass is 10.2. The van der Waals surface area contributed by atoms with Gasteiger partial charge in [-0.05, 0) is 29.5 Å². The van der Waals surface area contributed by atoms with E-state index < -0.39 is 22.3 Å². The molecule has 2 aromatic carbocycles. The number of nitro benzene ring substituents is 1. The van der Waals surface area contributed by atoms with Crippen molar-refractivity contribution in [2.24, 2.45) is 5.10 Å². The zero-order valence-corrected chi connectivity index (χ0v) is 14.3. The number of halogens is 1. The van der Waals surface area contributed by atoms with Gasteiger partial charge in [-0.2, -0.15) is 5.10 Å². The molecule has 2 N–H and O–H groups in total. The molecular formula is C16H14ClN4O5-. The van der Waals surface area contributed by atoms with E-state index in [1.165, 1.54) is 13.2 Å². The monoisotopic (exact) mass is 377 g/mol. The number of benzene rings is 2. The molecule has 10 heteroatoms. The van der Waals surface area contributed by atoms with Crippen LogP contribution in [0.4, 0.5) is 11.4 Å². The standard InChI is InChI=1S/C16H15ClN4O5/c1-26-14-5-3-2-4-12(14)18-9-15(22)20-19-8-10-6-11(17)7-13(16(10)23)21(24)25/h2-8,18,23H,9H2,1H3,(H,20,22)/p-1/b19-8-. The SMILES string of the molecule is COc1ccccc1NCC(=O)N/N=C\c1cc(Cl)cc([N+](=O)[O-])c1[O-]. The van der Waals surface area contributed by atoms with Crippen LogP contribution >= 0.6 is 11.6 Å². The van der Waals surface area contributed by atoms with Gasteiger partial charge in [-0.25, -0.2) is 5.43 Å². The molecule has 136 valence electrons. The number of nitrogens with zero attached hydrogens (tertiary/aromatic N) is 2. The lowest BCUT2D eigenvalue weighted by Crippen LogP contribution is -2.26. The number of para-hydroxylation sites is 2. The first-order valence-electron chi connectivity index (χ1n) is 7.26. The zero-order chi connectivity index (χ0) is 19.1. The third kappa shape index (κ3) is 4.84. The molecule has 0 aliphatic heterocycles. The van der Waals surface area contributed by atoms with Gasteiger partial charge >= 0.3 is 0 Å². The lowest BCUT2D eigenvalue weighted by Gasteiger charge is -2.11. The van der Waals surface area contributed by atoms with Gasteiger partial charge in [0.05, 0.1) is 30.5 Å². The van der Waals surface area contributed by atoms with Gasteiger partial charge in [-0.1, -0.05) is 23.7 Å². The summed E-state index contributed by atoms with van der Waals surface area (Å²) >= 11 is 5.74. The summed E-state index contributed by atoms with van der Waals surface area (Å²) in [6, 6.07) is 9.23. The Bertz CT molecular complexity index is 857. The maximum Gasteiger partial charge on any atom is 0.263 e. The normalized spacial score (nSPS) is 10.5. The molecule has 0 atom stereocenters. The molecule has 0 heterocycles. The quantitative estimate of drug-likeness (QED) is 0.430. The topological polar surface area (TPSA) is 129 Å². The van der Waals surface area contributed by atoms with E-state index in [2.05, 4.69) is 15.8 Å². The molecule has 26 heavy (non-hydrogen) atoms. The van der Waals surface area contributed by atoms with Crippen molar-refractivity contribution >= 4 is 35.1 Å². The minimum absolute atomic E-state index is 0.0157. The Balaban J connectivity index is 1.98. The Kier molecular flexibility index (Phi) is 6.34. The number of hydrazone groups is 1. The highest BCUT2D eigenvalue weighted by molar-refractivity contribution is 6.31. The second-order valence-electron chi connectivity index (χ2n) is 4.95. The van der Waals surface area contributed by atoms with E-state index in [4.69, 9.17) is 16.3 Å². The van der Waals surface area contributed by atoms with E-state index in [1.54, 1.807) is 24.3 Å². The fourth-order valence-corrected chi connectivity index (χ4v) is 2.23. The summed E-state index contributed by atoms with van der Waals surface area (Å²) in [5.74, 6) is -0.758. The molecule has 0 aliphatic rings. The van der Waals surface area contributed by atoms with Crippen molar-refractivity contribution in [3.8, 4) is 11.5 Å². The predicted octanol–water partition coefficient (Wildman–Crippen LogP) is 1.89. The third-order valence-electron chi connectivity index (χ3n) is 3.20. The summed E-state index contributed by atoms with van der Waals surface area (Å²) in [6.07, 6.45) is 1.00. The molecule has 0 spiro atoms. The first kappa shape index (κ1) is 19.0. The average molecular weight is 378 g/mol. The van der Waals surface area contributed by atoms with Gasteiger partial charge in [-0.3, -0.25) is 14.9 Å². The van der Waals surface area contributed by atoms with E-state index in [9.17, 15) is 20.0 Å². The van der Waals surface area contributed by atoms with Crippen molar-refractivity contribution in [3.05, 3.63) is 57.1 Å². The van der Waals surface area contributed by atoms with Crippen molar-refractivity contribution < 1.29 is 19.6 Å². The first-order chi connectivity index (χ1) is 12.4. The smallest absolute Gasteiger partial charge is 0.263 e. The molecule has 0 aliphatic carbocycles. The van der Waals surface area contributed by atoms with Gasteiger partial charge in [0.25, 0.3) is 11.6 Å². The molecule has 0 saturated carbocycles. The summed E-state index contributed by atoms with van der Waals surface area (Å²) in [4.78, 5) is 21.8. The molecular weight excluding hydrogens is 364 g/mol. The Hall–Kier alpha value is -3.33. The van der Waals surface area contributed by atoms with Crippen LogP contribution in [0.1, 0.15) is 5.56 Å². The van der Waals surface area contributed by atoms with Crippen LogP contribution in [-0.2, 0) is 4.79 Å². The van der Waals surface area contributed by atoms with Gasteiger partial charge < -0.3 is 15.2 Å². The number of carbonyl (C=O) groups is 1. The Morgan fingerprint density at radius 3 is 2.81 bits per heavy atom. The minimum atomic E-state index is -0.843. The van der Waals surface area contributed by atoms with Crippen LogP contribution < -0.4 is 20.6 Å². The van der Waals surface area contributed by atoms with Gasteiger partial charge in [0, 0.05) is 11.1 Å². The van der Waals surface area contributed by atoms with Crippen molar-refractivity contribution in [2.75, 3.05) is 19.0 Å². The molecule has 2 aromatic rings. The van der Waals surface area contributed by atoms with Crippen molar-refractivity contribution in [1.29, 1.82) is 0 Å². The molecule has 9 nitrogen and oxygen atoms in total. The van der Waals surface area contributed by atoms with Gasteiger partial charge in [0.1, 0.15) is 5.75 Å². The van der Waals surface area contributed by atoms with E-state index in [1.807, 2.05) is 0 Å². The van der Waals surface area contributed by atoms with Crippen molar-refractivity contribution in [1.82, 2.24) is 5.43 Å². The number of carbonyl (C=O) groups excluding carboxylic acids is 1. The van der Waals surface area contributed by atoms with Crippen LogP contribution in [0.15, 0.2) is 41.5 Å². The van der Waals surface area contributed by atoms with Crippen LogP contribution in [0.3, 0.4) is 0 Å². The zero-order valence-electron chi connectivity index (χ0n) is 13.6. The summed E-state index contributed by atoms with van der Waals surface area (Å²) in [7, 11) is 1.51. The van der Waals surface area contributed by atoms with Crippen LogP contribution in [0, 0.1) is 10.1 Å². The van der Waals surface area contributed by atoms with Gasteiger partial charge in [-0.15, -0.1) is 0 Å². The Morgan fingerprint density at radius 1 is 1.38 bits per heavy atom. The van der Waals surface area contributed by atoms with Crippen LogP contribution in [0.2, 0.25) is 5.02 Å². The predicted molar refractivity (Wildman–Crippen MR) is 94.8 cm³/mol. The Labute approximate surface area is 153 Å². The number of rotatable bonds is 7. The molecule has 0 bridgehead atoms. The number of anilines is 1. The fourth-order valence-electron chi connectivity index (χ4n) is 2.01. The minimum Gasteiger partial charge on any atom is -0.867 e. The number of hydrogen-bond acceptors (Lipinski definition) is 7. The second-order valence-corrected chi connectivity index (χ2v) is 5.38. The number of nitrogens with one attached hydrogen (secondary N) is 2.